The Labute approximate surface area is 125 Å². The Balaban J connectivity index is 1.54. The maximum absolute atomic E-state index is 12.2. The van der Waals surface area contributed by atoms with Crippen LogP contribution in [0, 0.1) is 0 Å². The van der Waals surface area contributed by atoms with E-state index >= 15 is 0 Å². The maximum Gasteiger partial charge on any atom is 0.253 e. The van der Waals surface area contributed by atoms with Crippen molar-refractivity contribution in [2.45, 2.75) is 31.8 Å². The minimum atomic E-state index is 0.189. The summed E-state index contributed by atoms with van der Waals surface area (Å²) in [5.41, 5.74) is 2.09. The van der Waals surface area contributed by atoms with Crippen molar-refractivity contribution in [2.24, 2.45) is 0 Å². The zero-order chi connectivity index (χ0) is 13.8. The van der Waals surface area contributed by atoms with Crippen LogP contribution in [-0.4, -0.2) is 41.4 Å². The minimum absolute atomic E-state index is 0.189. The summed E-state index contributed by atoms with van der Waals surface area (Å²) in [7, 11) is 0. The molecule has 0 bridgehead atoms. The Kier molecular flexibility index (Phi) is 4.63. The molecular weight excluding hydrogens is 268 g/mol. The molecule has 0 aromatic heterocycles. The van der Waals surface area contributed by atoms with Gasteiger partial charge in [0, 0.05) is 37.0 Å². The molecule has 1 amide bonds. The fraction of sp³-hybridized carbons (Fsp3) is 0.562. The fourth-order valence-corrected chi connectivity index (χ4v) is 4.01. The first-order valence-electron chi connectivity index (χ1n) is 7.52. The molecule has 1 aromatic rings. The van der Waals surface area contributed by atoms with Gasteiger partial charge in [0.25, 0.3) is 5.91 Å². The third-order valence-electron chi connectivity index (χ3n) is 4.12. The van der Waals surface area contributed by atoms with Crippen LogP contribution in [0.25, 0.3) is 0 Å². The van der Waals surface area contributed by atoms with Crippen LogP contribution in [0.2, 0.25) is 0 Å². The van der Waals surface area contributed by atoms with E-state index in [1.54, 1.807) is 0 Å². The summed E-state index contributed by atoms with van der Waals surface area (Å²) in [6, 6.07) is 8.77. The Morgan fingerprint density at radius 2 is 2.00 bits per heavy atom. The zero-order valence-corrected chi connectivity index (χ0v) is 12.6. The number of nitrogens with one attached hydrogen (secondary N) is 1. The molecule has 20 heavy (non-hydrogen) atoms. The quantitative estimate of drug-likeness (QED) is 0.925. The van der Waals surface area contributed by atoms with Gasteiger partial charge >= 0.3 is 0 Å². The van der Waals surface area contributed by atoms with Crippen molar-refractivity contribution < 1.29 is 4.79 Å². The molecule has 2 heterocycles. The smallest absolute Gasteiger partial charge is 0.253 e. The highest BCUT2D eigenvalue weighted by atomic mass is 32.2. The van der Waals surface area contributed by atoms with Gasteiger partial charge < -0.3 is 10.2 Å². The van der Waals surface area contributed by atoms with Gasteiger partial charge in [0.1, 0.15) is 0 Å². The van der Waals surface area contributed by atoms with Gasteiger partial charge in [-0.1, -0.05) is 12.1 Å². The molecule has 2 aliphatic heterocycles. The molecule has 2 fully saturated rings. The van der Waals surface area contributed by atoms with E-state index in [0.717, 1.165) is 38.0 Å². The molecule has 4 heteroatoms. The second kappa shape index (κ2) is 6.64. The highest BCUT2D eigenvalue weighted by Crippen LogP contribution is 2.18. The molecule has 0 saturated carbocycles. The first-order valence-corrected chi connectivity index (χ1v) is 8.68. The van der Waals surface area contributed by atoms with Gasteiger partial charge in [0.05, 0.1) is 0 Å². The van der Waals surface area contributed by atoms with Gasteiger partial charge in [-0.2, -0.15) is 11.8 Å². The lowest BCUT2D eigenvalue weighted by molar-refractivity contribution is 0.0793. The van der Waals surface area contributed by atoms with E-state index in [-0.39, 0.29) is 5.91 Å². The van der Waals surface area contributed by atoms with Crippen LogP contribution >= 0.6 is 11.8 Å². The van der Waals surface area contributed by atoms with Gasteiger partial charge in [-0.05, 0) is 42.7 Å². The molecule has 0 radical (unpaired) electrons. The predicted molar refractivity (Wildman–Crippen MR) is 84.1 cm³/mol. The number of carbonyl (C=O) groups excluding carboxylic acids is 1. The number of amides is 1. The van der Waals surface area contributed by atoms with Crippen LogP contribution in [0.3, 0.4) is 0 Å². The summed E-state index contributed by atoms with van der Waals surface area (Å²) in [6.07, 6.45) is 3.57. The van der Waals surface area contributed by atoms with E-state index in [0.29, 0.717) is 6.04 Å². The molecule has 3 nitrogen and oxygen atoms in total. The fourth-order valence-electron chi connectivity index (χ4n) is 2.83. The van der Waals surface area contributed by atoms with Crippen molar-refractivity contribution in [3.63, 3.8) is 0 Å². The molecule has 2 aliphatic rings. The summed E-state index contributed by atoms with van der Waals surface area (Å²) in [5.74, 6) is 2.70. The summed E-state index contributed by atoms with van der Waals surface area (Å²) in [6.45, 7) is 2.74. The number of benzene rings is 1. The standard InChI is InChI=1S/C16H22N2OS/c19-16(18-8-1-2-9-18)14-5-3-13(4-6-14)11-17-15-7-10-20-12-15/h3-6,15,17H,1-2,7-12H2/t15-/m1/s1. The van der Waals surface area contributed by atoms with E-state index in [4.69, 9.17) is 0 Å². The molecule has 2 saturated heterocycles. The first-order chi connectivity index (χ1) is 9.83. The van der Waals surface area contributed by atoms with Crippen molar-refractivity contribution in [3.05, 3.63) is 35.4 Å². The average molecular weight is 290 g/mol. The molecule has 108 valence electrons. The van der Waals surface area contributed by atoms with Crippen LogP contribution in [0.5, 0.6) is 0 Å². The second-order valence-electron chi connectivity index (χ2n) is 5.64. The highest BCUT2D eigenvalue weighted by Gasteiger charge is 2.19. The summed E-state index contributed by atoms with van der Waals surface area (Å²) < 4.78 is 0. The van der Waals surface area contributed by atoms with Crippen LogP contribution in [0.1, 0.15) is 35.2 Å². The summed E-state index contributed by atoms with van der Waals surface area (Å²) >= 11 is 2.03. The van der Waals surface area contributed by atoms with Crippen molar-refractivity contribution in [3.8, 4) is 0 Å². The highest BCUT2D eigenvalue weighted by molar-refractivity contribution is 7.99. The summed E-state index contributed by atoms with van der Waals surface area (Å²) in [4.78, 5) is 14.2. The van der Waals surface area contributed by atoms with Gasteiger partial charge in [-0.25, -0.2) is 0 Å². The lowest BCUT2D eigenvalue weighted by Crippen LogP contribution is -2.28. The second-order valence-corrected chi connectivity index (χ2v) is 6.79. The zero-order valence-electron chi connectivity index (χ0n) is 11.8. The van der Waals surface area contributed by atoms with Gasteiger partial charge in [-0.15, -0.1) is 0 Å². The maximum atomic E-state index is 12.2. The van der Waals surface area contributed by atoms with Gasteiger partial charge in [0.15, 0.2) is 0 Å². The van der Waals surface area contributed by atoms with Crippen LogP contribution in [0.4, 0.5) is 0 Å². The Hall–Kier alpha value is -1.00. The monoisotopic (exact) mass is 290 g/mol. The minimum Gasteiger partial charge on any atom is -0.339 e. The molecule has 1 aromatic carbocycles. The number of rotatable bonds is 4. The number of thioether (sulfide) groups is 1. The average Bonchev–Trinajstić information content (AvgIpc) is 3.18. The number of likely N-dealkylation sites (tertiary alicyclic amines) is 1. The lowest BCUT2D eigenvalue weighted by atomic mass is 10.1. The van der Waals surface area contributed by atoms with Crippen molar-refractivity contribution in [2.75, 3.05) is 24.6 Å². The van der Waals surface area contributed by atoms with Crippen molar-refractivity contribution in [1.29, 1.82) is 0 Å². The van der Waals surface area contributed by atoms with E-state index in [2.05, 4.69) is 17.4 Å². The lowest BCUT2D eigenvalue weighted by Gasteiger charge is -2.15. The third kappa shape index (κ3) is 3.36. The van der Waals surface area contributed by atoms with Gasteiger partial charge in [0.2, 0.25) is 0 Å². The van der Waals surface area contributed by atoms with E-state index in [1.165, 1.54) is 23.5 Å². The molecule has 1 atom stereocenters. The van der Waals surface area contributed by atoms with Crippen molar-refractivity contribution >= 4 is 17.7 Å². The van der Waals surface area contributed by atoms with Crippen LogP contribution < -0.4 is 5.32 Å². The SMILES string of the molecule is O=C(c1ccc(CN[C@@H]2CCSC2)cc1)N1CCCC1. The number of hydrogen-bond acceptors (Lipinski definition) is 3. The molecular formula is C16H22N2OS. The molecule has 0 spiro atoms. The molecule has 1 N–H and O–H groups in total. The third-order valence-corrected chi connectivity index (χ3v) is 5.28. The van der Waals surface area contributed by atoms with Crippen LogP contribution in [0.15, 0.2) is 24.3 Å². The Morgan fingerprint density at radius 1 is 1.25 bits per heavy atom. The Morgan fingerprint density at radius 3 is 2.65 bits per heavy atom. The predicted octanol–water partition coefficient (Wildman–Crippen LogP) is 2.52. The van der Waals surface area contributed by atoms with E-state index < -0.39 is 0 Å². The normalized spacial score (nSPS) is 22.4. The van der Waals surface area contributed by atoms with Gasteiger partial charge in [-0.3, -0.25) is 4.79 Å². The largest absolute Gasteiger partial charge is 0.339 e. The van der Waals surface area contributed by atoms with Crippen molar-refractivity contribution in [1.82, 2.24) is 10.2 Å². The van der Waals surface area contributed by atoms with E-state index in [1.807, 2.05) is 28.8 Å². The first kappa shape index (κ1) is 14.0. The Bertz CT molecular complexity index is 448. The number of hydrogen-bond donors (Lipinski definition) is 1. The van der Waals surface area contributed by atoms with E-state index in [9.17, 15) is 4.79 Å². The number of carbonyl (C=O) groups is 1. The number of nitrogens with zero attached hydrogens (tertiary/aromatic N) is 1. The molecule has 3 rings (SSSR count). The topological polar surface area (TPSA) is 32.3 Å². The molecule has 0 unspecified atom stereocenters. The molecule has 0 aliphatic carbocycles. The van der Waals surface area contributed by atoms with Crippen LogP contribution in [-0.2, 0) is 6.54 Å². The summed E-state index contributed by atoms with van der Waals surface area (Å²) in [5, 5.41) is 3.59.